The van der Waals surface area contributed by atoms with Crippen molar-refractivity contribution >= 4 is 21.6 Å². The largest absolute Gasteiger partial charge is 0.326 e. The van der Waals surface area contributed by atoms with Crippen molar-refractivity contribution in [3.63, 3.8) is 0 Å². The minimum atomic E-state index is 0.472. The van der Waals surface area contributed by atoms with Gasteiger partial charge in [0.2, 0.25) is 0 Å². The number of benzene rings is 1. The summed E-state index contributed by atoms with van der Waals surface area (Å²) in [7, 11) is 0. The quantitative estimate of drug-likeness (QED) is 0.808. The summed E-state index contributed by atoms with van der Waals surface area (Å²) in [4.78, 5) is 0. The van der Waals surface area contributed by atoms with Crippen LogP contribution in [0.2, 0.25) is 0 Å². The molecule has 0 saturated heterocycles. The number of halogens is 1. The average molecular weight is 317 g/mol. The molecule has 0 bridgehead atoms. The van der Waals surface area contributed by atoms with Gasteiger partial charge in [0.15, 0.2) is 5.65 Å². The molecule has 96 valence electrons. The van der Waals surface area contributed by atoms with Crippen molar-refractivity contribution in [3.05, 3.63) is 64.0 Å². The number of pyridine rings is 1. The van der Waals surface area contributed by atoms with Gasteiger partial charge in [0.05, 0.1) is 0 Å². The first-order valence-corrected chi connectivity index (χ1v) is 6.83. The minimum Gasteiger partial charge on any atom is -0.326 e. The first-order valence-electron chi connectivity index (χ1n) is 6.04. The van der Waals surface area contributed by atoms with Gasteiger partial charge in [-0.2, -0.15) is 0 Å². The predicted molar refractivity (Wildman–Crippen MR) is 77.8 cm³/mol. The van der Waals surface area contributed by atoms with Gasteiger partial charge in [-0.3, -0.25) is 4.40 Å². The summed E-state index contributed by atoms with van der Waals surface area (Å²) in [6.07, 6.45) is 2.72. The summed E-state index contributed by atoms with van der Waals surface area (Å²) < 4.78 is 3.07. The third kappa shape index (κ3) is 2.39. The Morgan fingerprint density at radius 1 is 1.16 bits per heavy atom. The monoisotopic (exact) mass is 316 g/mol. The van der Waals surface area contributed by atoms with Crippen molar-refractivity contribution in [3.8, 4) is 0 Å². The van der Waals surface area contributed by atoms with Gasteiger partial charge < -0.3 is 5.73 Å². The first-order chi connectivity index (χ1) is 9.28. The van der Waals surface area contributed by atoms with Crippen LogP contribution in [-0.2, 0) is 13.0 Å². The van der Waals surface area contributed by atoms with Crippen molar-refractivity contribution in [2.45, 2.75) is 13.0 Å². The van der Waals surface area contributed by atoms with Gasteiger partial charge in [0.25, 0.3) is 0 Å². The number of nitrogens with zero attached hydrogens (tertiary/aromatic N) is 3. The van der Waals surface area contributed by atoms with Crippen molar-refractivity contribution < 1.29 is 0 Å². The maximum absolute atomic E-state index is 5.71. The standard InChI is InChI=1S/C14H13BrN4/c15-12-5-1-3-10(7-12)8-13-17-18-14-11(9-16)4-2-6-19(13)14/h1-7H,8-9,16H2. The normalized spacial score (nSPS) is 11.1. The smallest absolute Gasteiger partial charge is 0.165 e. The molecule has 2 N–H and O–H groups in total. The van der Waals surface area contributed by atoms with E-state index in [2.05, 4.69) is 38.3 Å². The lowest BCUT2D eigenvalue weighted by Crippen LogP contribution is -2.01. The lowest BCUT2D eigenvalue weighted by molar-refractivity contribution is 0.932. The van der Waals surface area contributed by atoms with Crippen LogP contribution < -0.4 is 5.73 Å². The molecule has 2 aromatic heterocycles. The zero-order valence-corrected chi connectivity index (χ0v) is 11.8. The van der Waals surface area contributed by atoms with Crippen LogP contribution in [0.3, 0.4) is 0 Å². The highest BCUT2D eigenvalue weighted by Gasteiger charge is 2.08. The van der Waals surface area contributed by atoms with E-state index in [1.165, 1.54) is 5.56 Å². The summed E-state index contributed by atoms with van der Waals surface area (Å²) in [5.74, 6) is 0.920. The number of rotatable bonds is 3. The predicted octanol–water partition coefficient (Wildman–Crippen LogP) is 2.54. The molecule has 0 aliphatic rings. The van der Waals surface area contributed by atoms with Crippen LogP contribution in [0, 0.1) is 0 Å². The van der Waals surface area contributed by atoms with E-state index in [9.17, 15) is 0 Å². The second kappa shape index (κ2) is 5.11. The molecule has 0 atom stereocenters. The summed E-state index contributed by atoms with van der Waals surface area (Å²) in [5, 5.41) is 8.50. The van der Waals surface area contributed by atoms with Gasteiger partial charge >= 0.3 is 0 Å². The highest BCUT2D eigenvalue weighted by atomic mass is 79.9. The molecule has 0 aliphatic carbocycles. The molecule has 2 heterocycles. The van der Waals surface area contributed by atoms with Gasteiger partial charge in [0, 0.05) is 29.2 Å². The fourth-order valence-electron chi connectivity index (χ4n) is 2.13. The minimum absolute atomic E-state index is 0.472. The van der Waals surface area contributed by atoms with Gasteiger partial charge in [-0.25, -0.2) is 0 Å². The van der Waals surface area contributed by atoms with Gasteiger partial charge in [-0.05, 0) is 23.8 Å². The Bertz CT molecular complexity index is 720. The number of hydrogen-bond donors (Lipinski definition) is 1. The third-order valence-electron chi connectivity index (χ3n) is 3.06. The van der Waals surface area contributed by atoms with Gasteiger partial charge in [-0.1, -0.05) is 34.1 Å². The van der Waals surface area contributed by atoms with E-state index in [1.807, 2.05) is 34.9 Å². The molecule has 0 unspecified atom stereocenters. The Morgan fingerprint density at radius 2 is 2.05 bits per heavy atom. The molecule has 1 aromatic carbocycles. The molecule has 19 heavy (non-hydrogen) atoms. The highest BCUT2D eigenvalue weighted by Crippen LogP contribution is 2.16. The van der Waals surface area contributed by atoms with Gasteiger partial charge in [0.1, 0.15) is 5.82 Å². The van der Waals surface area contributed by atoms with Crippen molar-refractivity contribution in [1.29, 1.82) is 0 Å². The molecule has 5 heteroatoms. The highest BCUT2D eigenvalue weighted by molar-refractivity contribution is 9.10. The molecular weight excluding hydrogens is 304 g/mol. The number of hydrogen-bond acceptors (Lipinski definition) is 3. The number of nitrogens with two attached hydrogens (primary N) is 1. The first kappa shape index (κ1) is 12.3. The van der Waals surface area contributed by atoms with E-state index in [4.69, 9.17) is 5.73 Å². The molecule has 3 aromatic rings. The maximum atomic E-state index is 5.71. The Morgan fingerprint density at radius 3 is 2.84 bits per heavy atom. The zero-order chi connectivity index (χ0) is 13.2. The summed E-state index contributed by atoms with van der Waals surface area (Å²) >= 11 is 3.48. The van der Waals surface area contributed by atoms with E-state index >= 15 is 0 Å². The molecular formula is C14H13BrN4. The topological polar surface area (TPSA) is 56.2 Å². The second-order valence-corrected chi connectivity index (χ2v) is 5.27. The van der Waals surface area contributed by atoms with Crippen LogP contribution in [0.15, 0.2) is 47.1 Å². The van der Waals surface area contributed by atoms with Crippen LogP contribution in [0.1, 0.15) is 17.0 Å². The SMILES string of the molecule is NCc1cccn2c(Cc3cccc(Br)c3)nnc12. The average Bonchev–Trinajstić information content (AvgIpc) is 2.82. The van der Waals surface area contributed by atoms with Crippen LogP contribution in [0.25, 0.3) is 5.65 Å². The third-order valence-corrected chi connectivity index (χ3v) is 3.55. The van der Waals surface area contributed by atoms with Crippen LogP contribution in [-0.4, -0.2) is 14.6 Å². The Hall–Kier alpha value is -1.72. The molecule has 0 radical (unpaired) electrons. The van der Waals surface area contributed by atoms with E-state index in [0.717, 1.165) is 27.9 Å². The number of aromatic nitrogens is 3. The Labute approximate surface area is 119 Å². The summed E-state index contributed by atoms with van der Waals surface area (Å²) in [5.41, 5.74) is 8.76. The molecule has 0 saturated carbocycles. The van der Waals surface area contributed by atoms with E-state index < -0.39 is 0 Å². The van der Waals surface area contributed by atoms with Crippen molar-refractivity contribution in [2.75, 3.05) is 0 Å². The van der Waals surface area contributed by atoms with E-state index in [1.54, 1.807) is 0 Å². The molecule has 0 fully saturated rings. The fourth-order valence-corrected chi connectivity index (χ4v) is 2.58. The Balaban J connectivity index is 2.02. The van der Waals surface area contributed by atoms with Crippen LogP contribution >= 0.6 is 15.9 Å². The second-order valence-electron chi connectivity index (χ2n) is 4.35. The summed E-state index contributed by atoms with van der Waals surface area (Å²) in [6, 6.07) is 12.2. The van der Waals surface area contributed by atoms with Gasteiger partial charge in [-0.15, -0.1) is 10.2 Å². The molecule has 4 nitrogen and oxygen atoms in total. The fraction of sp³-hybridized carbons (Fsp3) is 0.143. The lowest BCUT2D eigenvalue weighted by Gasteiger charge is -2.03. The van der Waals surface area contributed by atoms with Crippen molar-refractivity contribution in [1.82, 2.24) is 14.6 Å². The summed E-state index contributed by atoms with van der Waals surface area (Å²) in [6.45, 7) is 0.472. The molecule has 0 amide bonds. The van der Waals surface area contributed by atoms with Crippen molar-refractivity contribution in [2.24, 2.45) is 5.73 Å². The maximum Gasteiger partial charge on any atom is 0.165 e. The lowest BCUT2D eigenvalue weighted by atomic mass is 10.1. The Kier molecular flexibility index (Phi) is 3.31. The van der Waals surface area contributed by atoms with Crippen LogP contribution in [0.4, 0.5) is 0 Å². The van der Waals surface area contributed by atoms with E-state index in [0.29, 0.717) is 6.54 Å². The number of fused-ring (bicyclic) bond motifs is 1. The molecule has 0 spiro atoms. The van der Waals surface area contributed by atoms with E-state index in [-0.39, 0.29) is 0 Å². The molecule has 3 rings (SSSR count). The van der Waals surface area contributed by atoms with Crippen LogP contribution in [0.5, 0.6) is 0 Å². The molecule has 0 aliphatic heterocycles. The zero-order valence-electron chi connectivity index (χ0n) is 10.3.